The number of rotatable bonds is 2. The number of nitrogens with two attached hydrogens (primary N) is 1. The zero-order valence-electron chi connectivity index (χ0n) is 8.72. The molecule has 14 heavy (non-hydrogen) atoms. The highest BCUT2D eigenvalue weighted by molar-refractivity contribution is 5.36. The second-order valence-corrected chi connectivity index (χ2v) is 4.05. The van der Waals surface area contributed by atoms with Crippen molar-refractivity contribution in [1.82, 2.24) is 5.32 Å². The lowest BCUT2D eigenvalue weighted by atomic mass is 9.76. The number of fused-ring (bicyclic) bond motifs is 1. The predicted molar refractivity (Wildman–Crippen MR) is 59.2 cm³/mol. The summed E-state index contributed by atoms with van der Waals surface area (Å²) in [7, 11) is 2.01. The summed E-state index contributed by atoms with van der Waals surface area (Å²) in [5, 5.41) is 3.40. The van der Waals surface area contributed by atoms with Crippen LogP contribution in [0.2, 0.25) is 0 Å². The predicted octanol–water partition coefficient (Wildman–Crippen LogP) is 1.40. The van der Waals surface area contributed by atoms with E-state index in [1.165, 1.54) is 24.0 Å². The van der Waals surface area contributed by atoms with Gasteiger partial charge >= 0.3 is 0 Å². The third kappa shape index (κ3) is 1.35. The molecule has 2 heteroatoms. The molecule has 1 atom stereocenters. The lowest BCUT2D eigenvalue weighted by Gasteiger charge is -2.38. The summed E-state index contributed by atoms with van der Waals surface area (Å²) in [6, 6.07) is 8.64. The minimum absolute atomic E-state index is 0.0227. The third-order valence-electron chi connectivity index (χ3n) is 3.41. The molecule has 76 valence electrons. The van der Waals surface area contributed by atoms with E-state index in [1.54, 1.807) is 0 Å². The molecule has 2 nitrogen and oxygen atoms in total. The average molecular weight is 190 g/mol. The first-order chi connectivity index (χ1) is 6.82. The van der Waals surface area contributed by atoms with Crippen LogP contribution in [0, 0.1) is 0 Å². The summed E-state index contributed by atoms with van der Waals surface area (Å²) >= 11 is 0. The molecule has 0 spiro atoms. The second kappa shape index (κ2) is 3.71. The van der Waals surface area contributed by atoms with Crippen LogP contribution >= 0.6 is 0 Å². The van der Waals surface area contributed by atoms with Crippen LogP contribution in [0.3, 0.4) is 0 Å². The van der Waals surface area contributed by atoms with E-state index in [9.17, 15) is 0 Å². The largest absolute Gasteiger partial charge is 0.328 e. The standard InChI is InChI=1S/C12H18N2/c1-14-12(9-13)8-4-6-10-5-2-3-7-11(10)12/h2-3,5,7,14H,4,6,8-9,13H2,1H3. The Hall–Kier alpha value is -0.860. The van der Waals surface area contributed by atoms with Crippen molar-refractivity contribution < 1.29 is 0 Å². The molecule has 0 aromatic heterocycles. The molecule has 0 saturated carbocycles. The molecule has 0 aliphatic heterocycles. The van der Waals surface area contributed by atoms with Gasteiger partial charge in [0.15, 0.2) is 0 Å². The molecule has 3 N–H and O–H groups in total. The number of hydrogen-bond acceptors (Lipinski definition) is 2. The maximum absolute atomic E-state index is 5.90. The maximum atomic E-state index is 5.90. The lowest BCUT2D eigenvalue weighted by molar-refractivity contribution is 0.315. The van der Waals surface area contributed by atoms with Crippen molar-refractivity contribution in [2.75, 3.05) is 13.6 Å². The van der Waals surface area contributed by atoms with Crippen LogP contribution in [-0.2, 0) is 12.0 Å². The zero-order valence-corrected chi connectivity index (χ0v) is 8.72. The van der Waals surface area contributed by atoms with Crippen molar-refractivity contribution in [2.24, 2.45) is 5.73 Å². The first-order valence-electron chi connectivity index (χ1n) is 5.30. The van der Waals surface area contributed by atoms with E-state index in [0.29, 0.717) is 6.54 Å². The van der Waals surface area contributed by atoms with Gasteiger partial charge in [-0.3, -0.25) is 0 Å². The van der Waals surface area contributed by atoms with Crippen LogP contribution in [0.15, 0.2) is 24.3 Å². The van der Waals surface area contributed by atoms with Gasteiger partial charge in [0.05, 0.1) is 5.54 Å². The molecule has 1 unspecified atom stereocenters. The number of aryl methyl sites for hydroxylation is 1. The molecule has 0 radical (unpaired) electrons. The molecule has 2 rings (SSSR count). The van der Waals surface area contributed by atoms with Gasteiger partial charge in [-0.2, -0.15) is 0 Å². The Labute approximate surface area is 85.5 Å². The van der Waals surface area contributed by atoms with Crippen LogP contribution in [0.25, 0.3) is 0 Å². The molecule has 0 fully saturated rings. The zero-order chi connectivity index (χ0) is 10.0. The van der Waals surface area contributed by atoms with Crippen LogP contribution < -0.4 is 11.1 Å². The fraction of sp³-hybridized carbons (Fsp3) is 0.500. The third-order valence-corrected chi connectivity index (χ3v) is 3.41. The molecule has 0 bridgehead atoms. The fourth-order valence-electron chi connectivity index (χ4n) is 2.49. The number of likely N-dealkylation sites (N-methyl/N-ethyl adjacent to an activating group) is 1. The average Bonchev–Trinajstić information content (AvgIpc) is 2.28. The smallest absolute Gasteiger partial charge is 0.0559 e. The van der Waals surface area contributed by atoms with Crippen molar-refractivity contribution in [3.05, 3.63) is 35.4 Å². The molecule has 0 saturated heterocycles. The van der Waals surface area contributed by atoms with Gasteiger partial charge in [-0.1, -0.05) is 24.3 Å². The molecule has 0 heterocycles. The normalized spacial score (nSPS) is 25.9. The van der Waals surface area contributed by atoms with Crippen molar-refractivity contribution in [1.29, 1.82) is 0 Å². The number of nitrogens with one attached hydrogen (secondary N) is 1. The Morgan fingerprint density at radius 2 is 2.21 bits per heavy atom. The summed E-state index contributed by atoms with van der Waals surface area (Å²) in [4.78, 5) is 0. The molecule has 1 aliphatic carbocycles. The van der Waals surface area contributed by atoms with Gasteiger partial charge in [-0.05, 0) is 37.4 Å². The van der Waals surface area contributed by atoms with Crippen molar-refractivity contribution >= 4 is 0 Å². The molecule has 0 amide bonds. The number of hydrogen-bond donors (Lipinski definition) is 2. The van der Waals surface area contributed by atoms with E-state index in [-0.39, 0.29) is 5.54 Å². The van der Waals surface area contributed by atoms with Crippen molar-refractivity contribution in [3.8, 4) is 0 Å². The Kier molecular flexibility index (Phi) is 2.57. The Morgan fingerprint density at radius 3 is 2.93 bits per heavy atom. The van der Waals surface area contributed by atoms with Gasteiger partial charge < -0.3 is 11.1 Å². The van der Waals surface area contributed by atoms with Gasteiger partial charge in [-0.25, -0.2) is 0 Å². The van der Waals surface area contributed by atoms with E-state index in [0.717, 1.165) is 6.42 Å². The topological polar surface area (TPSA) is 38.0 Å². The fourth-order valence-corrected chi connectivity index (χ4v) is 2.49. The molecular formula is C12H18N2. The highest BCUT2D eigenvalue weighted by Crippen LogP contribution is 2.33. The van der Waals surface area contributed by atoms with Gasteiger partial charge in [0, 0.05) is 6.54 Å². The van der Waals surface area contributed by atoms with E-state index in [4.69, 9.17) is 5.73 Å². The van der Waals surface area contributed by atoms with Gasteiger partial charge in [0.25, 0.3) is 0 Å². The van der Waals surface area contributed by atoms with E-state index in [1.807, 2.05) is 7.05 Å². The van der Waals surface area contributed by atoms with Crippen LogP contribution in [0.1, 0.15) is 24.0 Å². The summed E-state index contributed by atoms with van der Waals surface area (Å²) < 4.78 is 0. The Morgan fingerprint density at radius 1 is 1.43 bits per heavy atom. The Bertz CT molecular complexity index is 316. The van der Waals surface area contributed by atoms with Crippen LogP contribution in [-0.4, -0.2) is 13.6 Å². The molecular weight excluding hydrogens is 172 g/mol. The van der Waals surface area contributed by atoms with E-state index >= 15 is 0 Å². The first-order valence-corrected chi connectivity index (χ1v) is 5.30. The number of benzene rings is 1. The molecule has 1 aromatic rings. The summed E-state index contributed by atoms with van der Waals surface area (Å²) in [6.45, 7) is 0.681. The minimum Gasteiger partial charge on any atom is -0.328 e. The quantitative estimate of drug-likeness (QED) is 0.739. The minimum atomic E-state index is 0.0227. The molecule has 1 aliphatic rings. The van der Waals surface area contributed by atoms with E-state index < -0.39 is 0 Å². The first kappa shape index (κ1) is 9.69. The van der Waals surface area contributed by atoms with Crippen LogP contribution in [0.5, 0.6) is 0 Å². The van der Waals surface area contributed by atoms with Crippen molar-refractivity contribution in [3.63, 3.8) is 0 Å². The Balaban J connectivity index is 2.48. The SMILES string of the molecule is CNC1(CN)CCCc2ccccc21. The maximum Gasteiger partial charge on any atom is 0.0559 e. The van der Waals surface area contributed by atoms with Crippen molar-refractivity contribution in [2.45, 2.75) is 24.8 Å². The summed E-state index contributed by atoms with van der Waals surface area (Å²) in [6.07, 6.45) is 3.58. The summed E-state index contributed by atoms with van der Waals surface area (Å²) in [5.74, 6) is 0. The van der Waals surface area contributed by atoms with Crippen LogP contribution in [0.4, 0.5) is 0 Å². The monoisotopic (exact) mass is 190 g/mol. The molecule has 1 aromatic carbocycles. The van der Waals surface area contributed by atoms with Gasteiger partial charge in [0.2, 0.25) is 0 Å². The van der Waals surface area contributed by atoms with E-state index in [2.05, 4.69) is 29.6 Å². The highest BCUT2D eigenvalue weighted by Gasteiger charge is 2.33. The van der Waals surface area contributed by atoms with Gasteiger partial charge in [-0.15, -0.1) is 0 Å². The highest BCUT2D eigenvalue weighted by atomic mass is 15.0. The summed E-state index contributed by atoms with van der Waals surface area (Å²) in [5.41, 5.74) is 8.78. The van der Waals surface area contributed by atoms with Gasteiger partial charge in [0.1, 0.15) is 0 Å². The lowest BCUT2D eigenvalue weighted by Crippen LogP contribution is -2.48. The second-order valence-electron chi connectivity index (χ2n) is 4.05.